The lowest BCUT2D eigenvalue weighted by Crippen LogP contribution is -2.54. The maximum atomic E-state index is 9.97. The van der Waals surface area contributed by atoms with Crippen LogP contribution in [0.2, 0.25) is 0 Å². The van der Waals surface area contributed by atoms with E-state index in [1.165, 1.54) is 29.8 Å². The summed E-state index contributed by atoms with van der Waals surface area (Å²) >= 11 is 0. The van der Waals surface area contributed by atoms with Crippen molar-refractivity contribution in [3.8, 4) is 0 Å². The Bertz CT molecular complexity index is 608. The molecule has 3 fully saturated rings. The van der Waals surface area contributed by atoms with Gasteiger partial charge in [0.1, 0.15) is 0 Å². The highest BCUT2D eigenvalue weighted by Crippen LogP contribution is 2.28. The molecule has 0 amide bonds. The van der Waals surface area contributed by atoms with Gasteiger partial charge in [-0.15, -0.1) is 0 Å². The van der Waals surface area contributed by atoms with Gasteiger partial charge in [0.05, 0.1) is 12.2 Å². The van der Waals surface area contributed by atoms with E-state index in [0.29, 0.717) is 18.2 Å². The molecule has 0 spiro atoms. The van der Waals surface area contributed by atoms with Crippen molar-refractivity contribution in [3.63, 3.8) is 0 Å². The van der Waals surface area contributed by atoms with Crippen molar-refractivity contribution >= 4 is 0 Å². The number of aromatic nitrogens is 1. The van der Waals surface area contributed by atoms with Gasteiger partial charge >= 0.3 is 0 Å². The summed E-state index contributed by atoms with van der Waals surface area (Å²) in [7, 11) is 0. The Morgan fingerprint density at radius 2 is 2.08 bits per heavy atom. The van der Waals surface area contributed by atoms with E-state index in [9.17, 15) is 5.11 Å². The molecule has 1 aromatic rings. The van der Waals surface area contributed by atoms with E-state index in [0.717, 1.165) is 45.8 Å². The number of hydrogen-bond acceptors (Lipinski definition) is 4. The molecule has 25 heavy (non-hydrogen) atoms. The summed E-state index contributed by atoms with van der Waals surface area (Å²) in [6.45, 7) is 12.8. The highest BCUT2D eigenvalue weighted by Gasteiger charge is 2.38. The van der Waals surface area contributed by atoms with Crippen molar-refractivity contribution in [1.29, 1.82) is 0 Å². The van der Waals surface area contributed by atoms with Crippen molar-refractivity contribution < 1.29 is 9.84 Å². The van der Waals surface area contributed by atoms with Gasteiger partial charge in [-0.25, -0.2) is 0 Å². The Labute approximate surface area is 151 Å². The Hall–Kier alpha value is -0.880. The zero-order valence-electron chi connectivity index (χ0n) is 15.9. The summed E-state index contributed by atoms with van der Waals surface area (Å²) in [5.74, 6) is 0. The SMILES string of the molecule is Cc1cc(CN2C[C@@H]3C[C@@H](O)CN3C[C@H]2C)c(C)n1C[C@@H]1CCCO1. The third kappa shape index (κ3) is 3.52. The summed E-state index contributed by atoms with van der Waals surface area (Å²) in [4.78, 5) is 5.09. The molecule has 3 aliphatic heterocycles. The largest absolute Gasteiger partial charge is 0.392 e. The van der Waals surface area contributed by atoms with Gasteiger partial charge in [-0.1, -0.05) is 0 Å². The lowest BCUT2D eigenvalue weighted by Gasteiger charge is -2.42. The van der Waals surface area contributed by atoms with E-state index in [1.54, 1.807) is 0 Å². The Kier molecular flexibility index (Phi) is 4.93. The molecule has 5 heteroatoms. The molecule has 0 radical (unpaired) electrons. The van der Waals surface area contributed by atoms with Crippen LogP contribution >= 0.6 is 0 Å². The topological polar surface area (TPSA) is 40.9 Å². The summed E-state index contributed by atoms with van der Waals surface area (Å²) in [5.41, 5.74) is 4.20. The third-order valence-corrected chi connectivity index (χ3v) is 6.54. The van der Waals surface area contributed by atoms with Crippen LogP contribution < -0.4 is 0 Å². The van der Waals surface area contributed by atoms with Crippen molar-refractivity contribution in [3.05, 3.63) is 23.0 Å². The van der Waals surface area contributed by atoms with Crippen molar-refractivity contribution in [2.75, 3.05) is 26.2 Å². The first kappa shape index (κ1) is 17.5. The van der Waals surface area contributed by atoms with Gasteiger partial charge in [0.15, 0.2) is 0 Å². The summed E-state index contributed by atoms with van der Waals surface area (Å²) in [6.07, 6.45) is 3.58. The van der Waals surface area contributed by atoms with Crippen molar-refractivity contribution in [2.45, 2.75) is 77.4 Å². The van der Waals surface area contributed by atoms with Crippen LogP contribution in [0.1, 0.15) is 43.1 Å². The number of aliphatic hydroxyl groups is 1. The molecule has 0 bridgehead atoms. The lowest BCUT2D eigenvalue weighted by atomic mass is 10.1. The molecular weight excluding hydrogens is 314 g/mol. The fourth-order valence-corrected chi connectivity index (χ4v) is 5.02. The van der Waals surface area contributed by atoms with E-state index < -0.39 is 0 Å². The van der Waals surface area contributed by atoms with Gasteiger partial charge in [0, 0.05) is 62.8 Å². The number of fused-ring (bicyclic) bond motifs is 1. The second-order valence-electron chi connectivity index (χ2n) is 8.42. The average Bonchev–Trinajstić information content (AvgIpc) is 3.25. The Morgan fingerprint density at radius 3 is 2.84 bits per heavy atom. The smallest absolute Gasteiger partial charge is 0.0754 e. The van der Waals surface area contributed by atoms with Crippen LogP contribution in [0, 0.1) is 13.8 Å². The molecule has 4 rings (SSSR count). The minimum absolute atomic E-state index is 0.131. The number of hydrogen-bond donors (Lipinski definition) is 1. The van der Waals surface area contributed by atoms with Gasteiger partial charge < -0.3 is 14.4 Å². The van der Waals surface area contributed by atoms with Crippen LogP contribution in [-0.4, -0.2) is 70.0 Å². The summed E-state index contributed by atoms with van der Waals surface area (Å²) in [6, 6.07) is 3.44. The molecule has 1 aromatic heterocycles. The van der Waals surface area contributed by atoms with Crippen LogP contribution in [0.3, 0.4) is 0 Å². The zero-order chi connectivity index (χ0) is 17.6. The number of piperazine rings is 1. The standard InChI is InChI=1S/C20H33N3O2/c1-14-7-17(16(3)23(14)13-20-5-4-6-25-20)10-21-11-18-8-19(24)12-22(18)9-15(21)2/h7,15,18-20,24H,4-6,8-13H2,1-3H3/t15-,18+,19-,20+/m1/s1. The fourth-order valence-electron chi connectivity index (χ4n) is 5.02. The van der Waals surface area contributed by atoms with Crippen LogP contribution in [-0.2, 0) is 17.8 Å². The number of rotatable bonds is 4. The molecular formula is C20H33N3O2. The van der Waals surface area contributed by atoms with Gasteiger partial charge in [-0.05, 0) is 51.7 Å². The molecule has 3 aliphatic rings. The molecule has 1 N–H and O–H groups in total. The average molecular weight is 348 g/mol. The van der Waals surface area contributed by atoms with Gasteiger partial charge in [0.2, 0.25) is 0 Å². The second kappa shape index (κ2) is 7.03. The van der Waals surface area contributed by atoms with Crippen LogP contribution in [0.25, 0.3) is 0 Å². The van der Waals surface area contributed by atoms with Gasteiger partial charge in [0.25, 0.3) is 0 Å². The zero-order valence-corrected chi connectivity index (χ0v) is 15.9. The Morgan fingerprint density at radius 1 is 1.24 bits per heavy atom. The lowest BCUT2D eigenvalue weighted by molar-refractivity contribution is 0.0526. The van der Waals surface area contributed by atoms with E-state index in [2.05, 4.69) is 41.2 Å². The molecule has 140 valence electrons. The van der Waals surface area contributed by atoms with E-state index >= 15 is 0 Å². The second-order valence-corrected chi connectivity index (χ2v) is 8.42. The first-order valence-electron chi connectivity index (χ1n) is 9.94. The fraction of sp³-hybridized carbons (Fsp3) is 0.800. The molecule has 5 nitrogen and oxygen atoms in total. The quantitative estimate of drug-likeness (QED) is 0.904. The third-order valence-electron chi connectivity index (χ3n) is 6.54. The van der Waals surface area contributed by atoms with Crippen molar-refractivity contribution in [1.82, 2.24) is 14.4 Å². The molecule has 0 aliphatic carbocycles. The number of nitrogens with zero attached hydrogens (tertiary/aromatic N) is 3. The molecule has 4 heterocycles. The highest BCUT2D eigenvalue weighted by molar-refractivity contribution is 5.27. The first-order chi connectivity index (χ1) is 12.0. The van der Waals surface area contributed by atoms with E-state index in [1.807, 2.05) is 0 Å². The normalized spacial score (nSPS) is 33.9. The molecule has 0 unspecified atom stereocenters. The first-order valence-corrected chi connectivity index (χ1v) is 9.94. The van der Waals surface area contributed by atoms with Crippen molar-refractivity contribution in [2.24, 2.45) is 0 Å². The summed E-state index contributed by atoms with van der Waals surface area (Å²) < 4.78 is 8.29. The highest BCUT2D eigenvalue weighted by atomic mass is 16.5. The van der Waals surface area contributed by atoms with Gasteiger partial charge in [-0.2, -0.15) is 0 Å². The van der Waals surface area contributed by atoms with Crippen LogP contribution in [0.4, 0.5) is 0 Å². The molecule has 3 saturated heterocycles. The summed E-state index contributed by atoms with van der Waals surface area (Å²) in [5, 5.41) is 9.97. The number of aryl methyl sites for hydroxylation is 1. The number of ether oxygens (including phenoxy) is 1. The predicted molar refractivity (Wildman–Crippen MR) is 98.7 cm³/mol. The molecule has 0 saturated carbocycles. The molecule has 4 atom stereocenters. The van der Waals surface area contributed by atoms with E-state index in [4.69, 9.17) is 4.74 Å². The van der Waals surface area contributed by atoms with Crippen LogP contribution in [0.5, 0.6) is 0 Å². The molecule has 0 aromatic carbocycles. The Balaban J connectivity index is 1.45. The predicted octanol–water partition coefficient (Wildman–Crippen LogP) is 1.92. The minimum atomic E-state index is -0.131. The minimum Gasteiger partial charge on any atom is -0.392 e. The van der Waals surface area contributed by atoms with E-state index in [-0.39, 0.29) is 6.10 Å². The van der Waals surface area contributed by atoms with Crippen LogP contribution in [0.15, 0.2) is 6.07 Å². The van der Waals surface area contributed by atoms with Gasteiger partial charge in [-0.3, -0.25) is 9.80 Å². The maximum Gasteiger partial charge on any atom is 0.0754 e. The maximum absolute atomic E-state index is 9.97. The number of aliphatic hydroxyl groups excluding tert-OH is 1. The monoisotopic (exact) mass is 347 g/mol.